The van der Waals surface area contributed by atoms with Crippen molar-refractivity contribution in [3.8, 4) is 11.3 Å². The van der Waals surface area contributed by atoms with E-state index < -0.39 is 0 Å². The van der Waals surface area contributed by atoms with Gasteiger partial charge in [-0.25, -0.2) is 9.97 Å². The van der Waals surface area contributed by atoms with E-state index in [0.717, 1.165) is 43.7 Å². The Bertz CT molecular complexity index is 868. The third-order valence-corrected chi connectivity index (χ3v) is 6.06. The fourth-order valence-corrected chi connectivity index (χ4v) is 4.40. The molecule has 0 radical (unpaired) electrons. The second-order valence-corrected chi connectivity index (χ2v) is 8.34. The number of hydrogen-bond donors (Lipinski definition) is 1. The fraction of sp³-hybridized carbons (Fsp3) is 0.500. The molecule has 0 unspecified atom stereocenters. The van der Waals surface area contributed by atoms with Gasteiger partial charge in [-0.15, -0.1) is 0 Å². The van der Waals surface area contributed by atoms with Crippen LogP contribution in [0.5, 0.6) is 0 Å². The SMILES string of the molecule is CC(=O)N1CCC[C@H](Nc2ncc(Cl)c(-c3cccc(N4CCCCC4)c3)n2)C1. The van der Waals surface area contributed by atoms with E-state index in [1.807, 2.05) is 11.0 Å². The van der Waals surface area contributed by atoms with Crippen molar-refractivity contribution in [3.63, 3.8) is 0 Å². The summed E-state index contributed by atoms with van der Waals surface area (Å²) >= 11 is 6.46. The number of likely N-dealkylation sites (tertiary alicyclic amines) is 1. The number of anilines is 2. The standard InChI is InChI=1S/C22H28ClN5O/c1-16(29)28-12-6-8-18(15-28)25-22-24-14-20(23)21(26-22)17-7-5-9-19(13-17)27-10-3-2-4-11-27/h5,7,9,13-14,18H,2-4,6,8,10-12,15H2,1H3,(H,24,25,26)/t18-/m0/s1. The summed E-state index contributed by atoms with van der Waals surface area (Å²) in [6, 6.07) is 8.59. The first kappa shape index (κ1) is 20.0. The summed E-state index contributed by atoms with van der Waals surface area (Å²) in [4.78, 5) is 25.1. The summed E-state index contributed by atoms with van der Waals surface area (Å²) in [6.45, 7) is 5.32. The molecule has 29 heavy (non-hydrogen) atoms. The Morgan fingerprint density at radius 2 is 2.00 bits per heavy atom. The van der Waals surface area contributed by atoms with Crippen molar-refractivity contribution in [3.05, 3.63) is 35.5 Å². The largest absolute Gasteiger partial charge is 0.372 e. The van der Waals surface area contributed by atoms with E-state index in [9.17, 15) is 4.79 Å². The summed E-state index contributed by atoms with van der Waals surface area (Å²) in [5.74, 6) is 0.673. The first-order valence-corrected chi connectivity index (χ1v) is 10.9. The van der Waals surface area contributed by atoms with E-state index in [1.54, 1.807) is 13.1 Å². The Balaban J connectivity index is 1.53. The van der Waals surface area contributed by atoms with Gasteiger partial charge in [-0.05, 0) is 44.2 Å². The summed E-state index contributed by atoms with van der Waals surface area (Å²) in [5.41, 5.74) is 2.95. The Hall–Kier alpha value is -2.34. The number of benzene rings is 1. The molecule has 6 nitrogen and oxygen atoms in total. The Morgan fingerprint density at radius 1 is 1.17 bits per heavy atom. The zero-order chi connectivity index (χ0) is 20.2. The van der Waals surface area contributed by atoms with Crippen LogP contribution in [-0.2, 0) is 4.79 Å². The number of carbonyl (C=O) groups is 1. The molecule has 2 fully saturated rings. The van der Waals surface area contributed by atoms with Gasteiger partial charge in [-0.3, -0.25) is 4.79 Å². The molecule has 0 aliphatic carbocycles. The normalized spacial score (nSPS) is 19.9. The molecule has 0 saturated carbocycles. The topological polar surface area (TPSA) is 61.4 Å². The third kappa shape index (κ3) is 4.81. The quantitative estimate of drug-likeness (QED) is 0.813. The first-order valence-electron chi connectivity index (χ1n) is 10.5. The van der Waals surface area contributed by atoms with Crippen LogP contribution >= 0.6 is 11.6 Å². The van der Waals surface area contributed by atoms with E-state index in [2.05, 4.69) is 33.4 Å². The maximum absolute atomic E-state index is 11.7. The third-order valence-electron chi connectivity index (χ3n) is 5.78. The molecule has 1 atom stereocenters. The van der Waals surface area contributed by atoms with Gasteiger partial charge in [0.1, 0.15) is 0 Å². The molecule has 1 N–H and O–H groups in total. The number of halogens is 1. The molecule has 0 spiro atoms. The minimum Gasteiger partial charge on any atom is -0.372 e. The number of nitrogens with zero attached hydrogens (tertiary/aromatic N) is 4. The van der Waals surface area contributed by atoms with Gasteiger partial charge in [0.25, 0.3) is 0 Å². The van der Waals surface area contributed by atoms with E-state index in [4.69, 9.17) is 16.6 Å². The summed E-state index contributed by atoms with van der Waals surface area (Å²) in [5, 5.41) is 3.94. The molecule has 154 valence electrons. The molecule has 1 aromatic carbocycles. The lowest BCUT2D eigenvalue weighted by molar-refractivity contribution is -0.129. The van der Waals surface area contributed by atoms with E-state index >= 15 is 0 Å². The van der Waals surface area contributed by atoms with Crippen LogP contribution in [0.25, 0.3) is 11.3 Å². The van der Waals surface area contributed by atoms with Crippen LogP contribution in [0.15, 0.2) is 30.5 Å². The van der Waals surface area contributed by atoms with Crippen molar-refractivity contribution >= 4 is 29.1 Å². The number of hydrogen-bond acceptors (Lipinski definition) is 5. The monoisotopic (exact) mass is 413 g/mol. The lowest BCUT2D eigenvalue weighted by Crippen LogP contribution is -2.44. The molecule has 7 heteroatoms. The van der Waals surface area contributed by atoms with Crippen LogP contribution in [0.3, 0.4) is 0 Å². The number of nitrogens with one attached hydrogen (secondary N) is 1. The van der Waals surface area contributed by atoms with Crippen molar-refractivity contribution in [2.75, 3.05) is 36.4 Å². The molecule has 1 amide bonds. The van der Waals surface area contributed by atoms with Gasteiger partial charge in [-0.2, -0.15) is 0 Å². The lowest BCUT2D eigenvalue weighted by atomic mass is 10.1. The molecule has 2 saturated heterocycles. The maximum atomic E-state index is 11.7. The molecule has 3 heterocycles. The Morgan fingerprint density at radius 3 is 2.79 bits per heavy atom. The highest BCUT2D eigenvalue weighted by Crippen LogP contribution is 2.30. The molecule has 2 aromatic rings. The predicted octanol–water partition coefficient (Wildman–Crippen LogP) is 4.21. The van der Waals surface area contributed by atoms with Gasteiger partial charge in [0.15, 0.2) is 0 Å². The smallest absolute Gasteiger partial charge is 0.223 e. The van der Waals surface area contributed by atoms with Gasteiger partial charge in [-0.1, -0.05) is 23.7 Å². The van der Waals surface area contributed by atoms with Crippen molar-refractivity contribution in [1.29, 1.82) is 0 Å². The zero-order valence-corrected chi connectivity index (χ0v) is 17.7. The van der Waals surface area contributed by atoms with Crippen LogP contribution in [0.4, 0.5) is 11.6 Å². The van der Waals surface area contributed by atoms with E-state index in [1.165, 1.54) is 24.9 Å². The van der Waals surface area contributed by atoms with Crippen molar-refractivity contribution < 1.29 is 4.79 Å². The molecule has 1 aromatic heterocycles. The van der Waals surface area contributed by atoms with E-state index in [-0.39, 0.29) is 11.9 Å². The second kappa shape index (κ2) is 8.99. The van der Waals surface area contributed by atoms with Crippen LogP contribution in [-0.4, -0.2) is 53.0 Å². The highest BCUT2D eigenvalue weighted by molar-refractivity contribution is 6.32. The first-order chi connectivity index (χ1) is 14.1. The highest BCUT2D eigenvalue weighted by atomic mass is 35.5. The van der Waals surface area contributed by atoms with Gasteiger partial charge < -0.3 is 15.1 Å². The van der Waals surface area contributed by atoms with Crippen molar-refractivity contribution in [1.82, 2.24) is 14.9 Å². The number of piperidine rings is 2. The Kier molecular flexibility index (Phi) is 6.19. The van der Waals surface area contributed by atoms with Gasteiger partial charge >= 0.3 is 0 Å². The molecule has 2 aliphatic heterocycles. The van der Waals surface area contributed by atoms with Crippen LogP contribution in [0.1, 0.15) is 39.0 Å². The van der Waals surface area contributed by atoms with Gasteiger partial charge in [0.2, 0.25) is 11.9 Å². The van der Waals surface area contributed by atoms with Crippen LogP contribution in [0.2, 0.25) is 5.02 Å². The average molecular weight is 414 g/mol. The number of amides is 1. The summed E-state index contributed by atoms with van der Waals surface area (Å²) in [7, 11) is 0. The molecule has 2 aliphatic rings. The van der Waals surface area contributed by atoms with E-state index in [0.29, 0.717) is 17.5 Å². The van der Waals surface area contributed by atoms with Crippen molar-refractivity contribution in [2.24, 2.45) is 0 Å². The molecule has 0 bridgehead atoms. The van der Waals surface area contributed by atoms with Crippen LogP contribution in [0, 0.1) is 0 Å². The Labute approximate surface area is 177 Å². The van der Waals surface area contributed by atoms with Gasteiger partial charge in [0, 0.05) is 50.4 Å². The minimum atomic E-state index is 0.115. The molecular weight excluding hydrogens is 386 g/mol. The zero-order valence-electron chi connectivity index (χ0n) is 16.9. The summed E-state index contributed by atoms with van der Waals surface area (Å²) < 4.78 is 0. The number of carbonyl (C=O) groups excluding carboxylic acids is 1. The lowest BCUT2D eigenvalue weighted by Gasteiger charge is -2.32. The average Bonchev–Trinajstić information content (AvgIpc) is 2.76. The number of aromatic nitrogens is 2. The fourth-order valence-electron chi connectivity index (χ4n) is 4.20. The minimum absolute atomic E-state index is 0.115. The second-order valence-electron chi connectivity index (χ2n) is 7.94. The number of rotatable bonds is 4. The molecular formula is C22H28ClN5O. The van der Waals surface area contributed by atoms with Gasteiger partial charge in [0.05, 0.1) is 16.9 Å². The maximum Gasteiger partial charge on any atom is 0.223 e. The summed E-state index contributed by atoms with van der Waals surface area (Å²) in [6.07, 6.45) is 7.43. The van der Waals surface area contributed by atoms with Crippen molar-refractivity contribution in [2.45, 2.75) is 45.1 Å². The highest BCUT2D eigenvalue weighted by Gasteiger charge is 2.22. The van der Waals surface area contributed by atoms with Crippen LogP contribution < -0.4 is 10.2 Å². The predicted molar refractivity (Wildman–Crippen MR) is 117 cm³/mol. The molecule has 4 rings (SSSR count).